The van der Waals surface area contributed by atoms with Crippen LogP contribution in [0, 0.1) is 0 Å². The van der Waals surface area contributed by atoms with Gasteiger partial charge in [0.2, 0.25) is 0 Å². The van der Waals surface area contributed by atoms with Gasteiger partial charge in [0.15, 0.2) is 0 Å². The molecule has 0 aliphatic heterocycles. The molecule has 1 aliphatic carbocycles. The zero-order valence-corrected chi connectivity index (χ0v) is 9.11. The van der Waals surface area contributed by atoms with Gasteiger partial charge >= 0.3 is 5.69 Å². The van der Waals surface area contributed by atoms with Crippen LogP contribution < -0.4 is 11.2 Å². The number of nitrogens with one attached hydrogen (secondary N) is 1. The summed E-state index contributed by atoms with van der Waals surface area (Å²) in [6.45, 7) is 0. The van der Waals surface area contributed by atoms with E-state index in [0.717, 1.165) is 39.6 Å². The van der Waals surface area contributed by atoms with E-state index in [1.54, 1.807) is 11.3 Å². The summed E-state index contributed by atoms with van der Waals surface area (Å²) in [5.41, 5.74) is 0.674. The molecule has 2 aromatic heterocycles. The highest BCUT2D eigenvalue weighted by molar-refractivity contribution is 7.18. The van der Waals surface area contributed by atoms with Gasteiger partial charge < -0.3 is 0 Å². The Morgan fingerprint density at radius 1 is 1.33 bits per heavy atom. The number of nitrogens with zero attached hydrogens (tertiary/aromatic N) is 1. The van der Waals surface area contributed by atoms with E-state index in [0.29, 0.717) is 0 Å². The molecule has 0 bridgehead atoms. The van der Waals surface area contributed by atoms with Crippen LogP contribution >= 0.6 is 11.3 Å². The number of fused-ring (bicyclic) bond motifs is 3. The van der Waals surface area contributed by atoms with Crippen LogP contribution in [0.1, 0.15) is 16.9 Å². The van der Waals surface area contributed by atoms with Crippen molar-refractivity contribution in [2.24, 2.45) is 7.05 Å². The molecule has 4 nitrogen and oxygen atoms in total. The van der Waals surface area contributed by atoms with Crippen LogP contribution in [0.5, 0.6) is 0 Å². The van der Waals surface area contributed by atoms with Crippen molar-refractivity contribution in [1.82, 2.24) is 9.55 Å². The Hall–Kier alpha value is -1.36. The highest BCUT2D eigenvalue weighted by atomic mass is 32.1. The first-order valence-corrected chi connectivity index (χ1v) is 5.73. The van der Waals surface area contributed by atoms with Crippen molar-refractivity contribution >= 4 is 21.6 Å². The quantitative estimate of drug-likeness (QED) is 0.716. The molecule has 0 atom stereocenters. The molecule has 0 spiro atoms. The van der Waals surface area contributed by atoms with Crippen molar-refractivity contribution in [2.45, 2.75) is 19.3 Å². The fourth-order valence-electron chi connectivity index (χ4n) is 2.16. The predicted molar refractivity (Wildman–Crippen MR) is 59.7 cm³/mol. The van der Waals surface area contributed by atoms with Gasteiger partial charge in [-0.25, -0.2) is 4.79 Å². The number of aromatic nitrogens is 2. The summed E-state index contributed by atoms with van der Waals surface area (Å²) in [7, 11) is 1.51. The maximum absolute atomic E-state index is 11.9. The van der Waals surface area contributed by atoms with Crippen LogP contribution in [0.2, 0.25) is 0 Å². The molecule has 2 aromatic rings. The Bertz CT molecular complexity index is 662. The van der Waals surface area contributed by atoms with Crippen molar-refractivity contribution in [2.75, 3.05) is 0 Å². The summed E-state index contributed by atoms with van der Waals surface area (Å²) in [6, 6.07) is 0. The van der Waals surface area contributed by atoms with Crippen molar-refractivity contribution in [1.29, 1.82) is 0 Å². The lowest BCUT2D eigenvalue weighted by Gasteiger charge is -1.97. The van der Waals surface area contributed by atoms with Crippen LogP contribution in [-0.2, 0) is 19.9 Å². The Balaban J connectivity index is 2.57. The minimum absolute atomic E-state index is 0.159. The third-order valence-electron chi connectivity index (χ3n) is 2.96. The molecule has 0 fully saturated rings. The minimum Gasteiger partial charge on any atom is -0.298 e. The Morgan fingerprint density at radius 2 is 2.13 bits per heavy atom. The number of H-pyrrole nitrogens is 1. The van der Waals surface area contributed by atoms with Gasteiger partial charge in [0.05, 0.1) is 5.39 Å². The predicted octanol–water partition coefficient (Wildman–Crippen LogP) is 0.777. The summed E-state index contributed by atoms with van der Waals surface area (Å²) in [6.07, 6.45) is 3.13. The Labute approximate surface area is 89.2 Å². The van der Waals surface area contributed by atoms with Crippen molar-refractivity contribution in [3.63, 3.8) is 0 Å². The molecule has 0 radical (unpaired) electrons. The highest BCUT2D eigenvalue weighted by Gasteiger charge is 2.20. The molecule has 0 unspecified atom stereocenters. The third kappa shape index (κ3) is 1.07. The second-order valence-corrected chi connectivity index (χ2v) is 4.96. The molecule has 78 valence electrons. The van der Waals surface area contributed by atoms with Crippen molar-refractivity contribution in [3.8, 4) is 0 Å². The molecule has 1 aliphatic rings. The summed E-state index contributed by atoms with van der Waals surface area (Å²) in [5.74, 6) is 0. The van der Waals surface area contributed by atoms with E-state index in [2.05, 4.69) is 4.98 Å². The van der Waals surface area contributed by atoms with E-state index in [1.165, 1.54) is 11.9 Å². The zero-order valence-electron chi connectivity index (χ0n) is 8.29. The maximum atomic E-state index is 11.9. The average molecular weight is 222 g/mol. The molecule has 0 amide bonds. The zero-order chi connectivity index (χ0) is 10.6. The molecule has 5 heteroatoms. The van der Waals surface area contributed by atoms with Crippen LogP contribution in [0.15, 0.2) is 9.59 Å². The molecular weight excluding hydrogens is 212 g/mol. The van der Waals surface area contributed by atoms with E-state index in [-0.39, 0.29) is 11.2 Å². The van der Waals surface area contributed by atoms with Crippen molar-refractivity contribution in [3.05, 3.63) is 31.3 Å². The smallest absolute Gasteiger partial charge is 0.298 e. The Kier molecular flexibility index (Phi) is 1.68. The second-order valence-electron chi connectivity index (χ2n) is 3.86. The van der Waals surface area contributed by atoms with Gasteiger partial charge in [0, 0.05) is 11.9 Å². The highest BCUT2D eigenvalue weighted by Crippen LogP contribution is 2.33. The van der Waals surface area contributed by atoms with Gasteiger partial charge in [-0.15, -0.1) is 11.3 Å². The first-order chi connectivity index (χ1) is 7.18. The number of hydrogen-bond acceptors (Lipinski definition) is 3. The molecule has 0 saturated heterocycles. The van der Waals surface area contributed by atoms with E-state index in [1.807, 2.05) is 0 Å². The summed E-state index contributed by atoms with van der Waals surface area (Å²) >= 11 is 1.55. The number of rotatable bonds is 0. The molecule has 1 N–H and O–H groups in total. The lowest BCUT2D eigenvalue weighted by atomic mass is 10.2. The van der Waals surface area contributed by atoms with E-state index in [9.17, 15) is 9.59 Å². The number of aryl methyl sites for hydroxylation is 2. The molecular formula is C10H10N2O2S. The molecule has 0 saturated carbocycles. The fraction of sp³-hybridized carbons (Fsp3) is 0.400. The van der Waals surface area contributed by atoms with Gasteiger partial charge in [-0.1, -0.05) is 0 Å². The first-order valence-electron chi connectivity index (χ1n) is 4.92. The molecule has 0 aromatic carbocycles. The van der Waals surface area contributed by atoms with Gasteiger partial charge in [-0.2, -0.15) is 0 Å². The monoisotopic (exact) mass is 222 g/mol. The van der Waals surface area contributed by atoms with Crippen LogP contribution in [0.25, 0.3) is 10.2 Å². The van der Waals surface area contributed by atoms with Gasteiger partial charge in [-0.05, 0) is 24.8 Å². The minimum atomic E-state index is -0.326. The first kappa shape index (κ1) is 8.91. The van der Waals surface area contributed by atoms with Gasteiger partial charge in [0.25, 0.3) is 5.56 Å². The van der Waals surface area contributed by atoms with Crippen LogP contribution in [0.3, 0.4) is 0 Å². The van der Waals surface area contributed by atoms with Crippen LogP contribution in [0.4, 0.5) is 0 Å². The summed E-state index contributed by atoms with van der Waals surface area (Å²) in [5, 5.41) is 0.731. The lowest BCUT2D eigenvalue weighted by Crippen LogP contribution is -2.32. The molecule has 2 heterocycles. The Morgan fingerprint density at radius 3 is 2.93 bits per heavy atom. The van der Waals surface area contributed by atoms with E-state index >= 15 is 0 Å². The largest absolute Gasteiger partial charge is 0.329 e. The molecule has 3 rings (SSSR count). The number of hydrogen-bond donors (Lipinski definition) is 1. The van der Waals surface area contributed by atoms with Crippen LogP contribution in [-0.4, -0.2) is 9.55 Å². The average Bonchev–Trinajstić information content (AvgIpc) is 2.73. The SMILES string of the molecule is Cn1c(=O)[nH]c2sc3c(c2c1=O)CCC3. The second kappa shape index (κ2) is 2.82. The summed E-state index contributed by atoms with van der Waals surface area (Å²) in [4.78, 5) is 28.1. The lowest BCUT2D eigenvalue weighted by molar-refractivity contribution is 0.794. The normalized spacial score (nSPS) is 14.7. The topological polar surface area (TPSA) is 54.9 Å². The van der Waals surface area contributed by atoms with Gasteiger partial charge in [0.1, 0.15) is 4.83 Å². The standard InChI is InChI=1S/C10H10N2O2S/c1-12-9(13)7-5-3-2-4-6(5)15-8(7)11-10(12)14/h2-4H2,1H3,(H,11,14). The van der Waals surface area contributed by atoms with Gasteiger partial charge in [-0.3, -0.25) is 14.3 Å². The van der Waals surface area contributed by atoms with Crippen molar-refractivity contribution < 1.29 is 0 Å². The third-order valence-corrected chi connectivity index (χ3v) is 4.17. The van der Waals surface area contributed by atoms with E-state index in [4.69, 9.17) is 0 Å². The van der Waals surface area contributed by atoms with E-state index < -0.39 is 0 Å². The maximum Gasteiger partial charge on any atom is 0.329 e. The number of aromatic amines is 1. The number of thiophene rings is 1. The summed E-state index contributed by atoms with van der Waals surface area (Å²) < 4.78 is 1.15. The molecule has 15 heavy (non-hydrogen) atoms. The fourth-order valence-corrected chi connectivity index (χ4v) is 3.43.